The molecule has 0 aliphatic rings. The Morgan fingerprint density at radius 1 is 1.07 bits per heavy atom. The van der Waals surface area contributed by atoms with Gasteiger partial charge in [0.25, 0.3) is 5.91 Å². The first-order valence-electron chi connectivity index (χ1n) is 8.10. The first kappa shape index (κ1) is 21.1. The van der Waals surface area contributed by atoms with Crippen molar-refractivity contribution in [3.05, 3.63) is 62.5 Å². The molecule has 2 aromatic carbocycles. The van der Waals surface area contributed by atoms with Crippen LogP contribution in [0.1, 0.15) is 15.9 Å². The Kier molecular flexibility index (Phi) is 7.55. The minimum Gasteiger partial charge on any atom is -0.343 e. The number of aryl methyl sites for hydroxylation is 1. The van der Waals surface area contributed by atoms with Crippen molar-refractivity contribution >= 4 is 55.3 Å². The molecule has 2 N–H and O–H groups in total. The SMILES string of the molecule is Cc1cc(Br)ccc1NC(=O)CN(C)C(=O)CNC(=O)c1ccccc1Br. The smallest absolute Gasteiger partial charge is 0.252 e. The fraction of sp³-hybridized carbons (Fsp3) is 0.211. The Morgan fingerprint density at radius 3 is 2.44 bits per heavy atom. The Morgan fingerprint density at radius 2 is 1.78 bits per heavy atom. The molecule has 0 radical (unpaired) electrons. The van der Waals surface area contributed by atoms with Crippen LogP contribution in [-0.4, -0.2) is 42.8 Å². The molecule has 0 aliphatic carbocycles. The molecule has 0 atom stereocenters. The molecule has 0 aromatic heterocycles. The standard InChI is InChI=1S/C19H19Br2N3O3/c1-12-9-13(20)7-8-16(12)23-17(25)11-24(2)18(26)10-22-19(27)14-5-3-4-6-15(14)21/h3-9H,10-11H2,1-2H3,(H,22,27)(H,23,25). The van der Waals surface area contributed by atoms with Crippen molar-refractivity contribution < 1.29 is 14.4 Å². The van der Waals surface area contributed by atoms with Crippen molar-refractivity contribution in [3.8, 4) is 0 Å². The van der Waals surface area contributed by atoms with Crippen molar-refractivity contribution in [2.75, 3.05) is 25.5 Å². The van der Waals surface area contributed by atoms with Gasteiger partial charge in [-0.1, -0.05) is 28.1 Å². The van der Waals surface area contributed by atoms with E-state index in [9.17, 15) is 14.4 Å². The van der Waals surface area contributed by atoms with E-state index in [1.807, 2.05) is 19.1 Å². The second-order valence-corrected chi connectivity index (χ2v) is 7.69. The third-order valence-electron chi connectivity index (χ3n) is 3.79. The van der Waals surface area contributed by atoms with Gasteiger partial charge in [-0.2, -0.15) is 0 Å². The van der Waals surface area contributed by atoms with Gasteiger partial charge in [-0.3, -0.25) is 14.4 Å². The van der Waals surface area contributed by atoms with E-state index in [0.717, 1.165) is 10.0 Å². The highest BCUT2D eigenvalue weighted by Gasteiger charge is 2.16. The largest absolute Gasteiger partial charge is 0.343 e. The van der Waals surface area contributed by atoms with Gasteiger partial charge in [-0.05, 0) is 58.7 Å². The third kappa shape index (κ3) is 6.18. The van der Waals surface area contributed by atoms with Gasteiger partial charge in [0.05, 0.1) is 18.7 Å². The Hall–Kier alpha value is -2.19. The molecule has 0 spiro atoms. The predicted molar refractivity (Wildman–Crippen MR) is 112 cm³/mol. The summed E-state index contributed by atoms with van der Waals surface area (Å²) in [5.41, 5.74) is 2.04. The number of carbonyl (C=O) groups excluding carboxylic acids is 3. The van der Waals surface area contributed by atoms with Crippen molar-refractivity contribution in [2.24, 2.45) is 0 Å². The van der Waals surface area contributed by atoms with Gasteiger partial charge in [0.15, 0.2) is 0 Å². The van der Waals surface area contributed by atoms with Crippen LogP contribution in [0.3, 0.4) is 0 Å². The molecule has 0 saturated heterocycles. The maximum atomic E-state index is 12.2. The number of halogens is 2. The Labute approximate surface area is 174 Å². The van der Waals surface area contributed by atoms with Crippen LogP contribution in [0.4, 0.5) is 5.69 Å². The second kappa shape index (κ2) is 9.66. The number of likely N-dealkylation sites (N-methyl/N-ethyl adjacent to an activating group) is 1. The molecular weight excluding hydrogens is 478 g/mol. The molecule has 8 heteroatoms. The zero-order chi connectivity index (χ0) is 20.0. The van der Waals surface area contributed by atoms with Gasteiger partial charge in [-0.25, -0.2) is 0 Å². The minimum absolute atomic E-state index is 0.112. The molecule has 0 bridgehead atoms. The molecule has 0 saturated carbocycles. The van der Waals surface area contributed by atoms with Crippen LogP contribution in [0.25, 0.3) is 0 Å². The minimum atomic E-state index is -0.363. The summed E-state index contributed by atoms with van der Waals surface area (Å²) >= 11 is 6.66. The molecule has 0 heterocycles. The number of carbonyl (C=O) groups is 3. The summed E-state index contributed by atoms with van der Waals surface area (Å²) in [6.07, 6.45) is 0. The number of anilines is 1. The van der Waals surface area contributed by atoms with E-state index < -0.39 is 0 Å². The van der Waals surface area contributed by atoms with Gasteiger partial charge in [0.1, 0.15) is 0 Å². The van der Waals surface area contributed by atoms with E-state index in [2.05, 4.69) is 42.5 Å². The molecule has 0 unspecified atom stereocenters. The van der Waals surface area contributed by atoms with Crippen LogP contribution in [0.2, 0.25) is 0 Å². The van der Waals surface area contributed by atoms with Gasteiger partial charge < -0.3 is 15.5 Å². The van der Waals surface area contributed by atoms with Crippen LogP contribution in [0.5, 0.6) is 0 Å². The summed E-state index contributed by atoms with van der Waals surface area (Å²) in [7, 11) is 1.51. The maximum Gasteiger partial charge on any atom is 0.252 e. The summed E-state index contributed by atoms with van der Waals surface area (Å²) in [4.78, 5) is 37.7. The van der Waals surface area contributed by atoms with E-state index in [1.54, 1.807) is 30.3 Å². The third-order valence-corrected chi connectivity index (χ3v) is 4.97. The fourth-order valence-electron chi connectivity index (χ4n) is 2.29. The van der Waals surface area contributed by atoms with Crippen molar-refractivity contribution in [1.29, 1.82) is 0 Å². The number of benzene rings is 2. The summed E-state index contributed by atoms with van der Waals surface area (Å²) in [6.45, 7) is 1.58. The Balaban J connectivity index is 1.85. The summed E-state index contributed by atoms with van der Waals surface area (Å²) in [6, 6.07) is 12.4. The molecule has 27 heavy (non-hydrogen) atoms. The molecule has 142 valence electrons. The van der Waals surface area contributed by atoms with Gasteiger partial charge >= 0.3 is 0 Å². The number of nitrogens with one attached hydrogen (secondary N) is 2. The number of hydrogen-bond donors (Lipinski definition) is 2. The van der Waals surface area contributed by atoms with Gasteiger partial charge in [-0.15, -0.1) is 0 Å². The van der Waals surface area contributed by atoms with Crippen LogP contribution < -0.4 is 10.6 Å². The number of hydrogen-bond acceptors (Lipinski definition) is 3. The molecule has 0 aliphatic heterocycles. The summed E-state index contributed by atoms with van der Waals surface area (Å²) in [5.74, 6) is -1.04. The van der Waals surface area contributed by atoms with Crippen LogP contribution in [0, 0.1) is 6.92 Å². The number of amides is 3. The van der Waals surface area contributed by atoms with Crippen molar-refractivity contribution in [3.63, 3.8) is 0 Å². The number of rotatable bonds is 6. The maximum absolute atomic E-state index is 12.2. The van der Waals surface area contributed by atoms with Crippen molar-refractivity contribution in [1.82, 2.24) is 10.2 Å². The predicted octanol–water partition coefficient (Wildman–Crippen LogP) is 3.35. The zero-order valence-corrected chi connectivity index (χ0v) is 18.1. The molecule has 0 fully saturated rings. The second-order valence-electron chi connectivity index (χ2n) is 5.92. The average molecular weight is 497 g/mol. The zero-order valence-electron chi connectivity index (χ0n) is 14.9. The van der Waals surface area contributed by atoms with E-state index in [1.165, 1.54) is 11.9 Å². The first-order chi connectivity index (χ1) is 12.8. The van der Waals surface area contributed by atoms with Crippen molar-refractivity contribution in [2.45, 2.75) is 6.92 Å². The summed E-state index contributed by atoms with van der Waals surface area (Å²) < 4.78 is 1.57. The van der Waals surface area contributed by atoms with E-state index in [-0.39, 0.29) is 30.8 Å². The fourth-order valence-corrected chi connectivity index (χ4v) is 3.23. The first-order valence-corrected chi connectivity index (χ1v) is 9.69. The average Bonchev–Trinajstić information content (AvgIpc) is 2.62. The molecule has 6 nitrogen and oxygen atoms in total. The van der Waals surface area contributed by atoms with E-state index in [0.29, 0.717) is 15.7 Å². The molecule has 2 rings (SSSR count). The lowest BCUT2D eigenvalue weighted by Gasteiger charge is -2.18. The van der Waals surface area contributed by atoms with Crippen LogP contribution in [0.15, 0.2) is 51.4 Å². The normalized spacial score (nSPS) is 10.2. The monoisotopic (exact) mass is 495 g/mol. The highest BCUT2D eigenvalue weighted by molar-refractivity contribution is 9.10. The lowest BCUT2D eigenvalue weighted by atomic mass is 10.2. The van der Waals surface area contributed by atoms with Crippen LogP contribution in [-0.2, 0) is 9.59 Å². The molecule has 2 aromatic rings. The highest BCUT2D eigenvalue weighted by atomic mass is 79.9. The van der Waals surface area contributed by atoms with Gasteiger partial charge in [0.2, 0.25) is 11.8 Å². The van der Waals surface area contributed by atoms with E-state index >= 15 is 0 Å². The van der Waals surface area contributed by atoms with E-state index in [4.69, 9.17) is 0 Å². The topological polar surface area (TPSA) is 78.5 Å². The quantitative estimate of drug-likeness (QED) is 0.643. The molecular formula is C19H19Br2N3O3. The number of nitrogens with zero attached hydrogens (tertiary/aromatic N) is 1. The highest BCUT2D eigenvalue weighted by Crippen LogP contribution is 2.20. The van der Waals surface area contributed by atoms with Crippen LogP contribution >= 0.6 is 31.9 Å². The van der Waals surface area contributed by atoms with Gasteiger partial charge in [0, 0.05) is 21.7 Å². The molecule has 3 amide bonds. The lowest BCUT2D eigenvalue weighted by Crippen LogP contribution is -2.41. The Bertz CT molecular complexity index is 871. The summed E-state index contributed by atoms with van der Waals surface area (Å²) in [5, 5.41) is 5.34. The lowest BCUT2D eigenvalue weighted by molar-refractivity contribution is -0.132.